The van der Waals surface area contributed by atoms with Gasteiger partial charge in [-0.1, -0.05) is 42.5 Å². The zero-order valence-corrected chi connectivity index (χ0v) is 17.7. The molecule has 2 heterocycles. The zero-order chi connectivity index (χ0) is 20.9. The van der Waals surface area contributed by atoms with Crippen LogP contribution in [0, 0.1) is 0 Å². The Labute approximate surface area is 177 Å². The second-order valence-electron chi connectivity index (χ2n) is 7.50. The normalized spacial score (nSPS) is 16.4. The van der Waals surface area contributed by atoms with Gasteiger partial charge in [0, 0.05) is 31.7 Å². The van der Waals surface area contributed by atoms with Gasteiger partial charge in [0.25, 0.3) is 0 Å². The van der Waals surface area contributed by atoms with E-state index in [4.69, 9.17) is 9.47 Å². The molecule has 0 radical (unpaired) electrons. The number of likely N-dealkylation sites (N-methyl/N-ethyl adjacent to an activating group) is 1. The van der Waals surface area contributed by atoms with Gasteiger partial charge in [-0.15, -0.1) is 5.10 Å². The van der Waals surface area contributed by atoms with Crippen LogP contribution in [0.4, 0.5) is 0 Å². The molecule has 1 aromatic heterocycles. The van der Waals surface area contributed by atoms with E-state index in [1.807, 2.05) is 35.0 Å². The first kappa shape index (κ1) is 20.3. The van der Waals surface area contributed by atoms with E-state index < -0.39 is 0 Å². The van der Waals surface area contributed by atoms with Crippen molar-refractivity contribution in [2.45, 2.75) is 12.6 Å². The summed E-state index contributed by atoms with van der Waals surface area (Å²) in [5.74, 6) is 2.23. The fraction of sp³-hybridized carbons (Fsp3) is 0.409. The van der Waals surface area contributed by atoms with Crippen LogP contribution < -0.4 is 9.47 Å². The number of ether oxygens (including phenoxy) is 2. The average molecular weight is 409 g/mol. The van der Waals surface area contributed by atoms with E-state index in [0.29, 0.717) is 12.3 Å². The van der Waals surface area contributed by atoms with Gasteiger partial charge >= 0.3 is 0 Å². The predicted octanol–water partition coefficient (Wildman–Crippen LogP) is 2.08. The maximum absolute atomic E-state index is 5.78. The maximum Gasteiger partial charge on any atom is 0.173 e. The van der Waals surface area contributed by atoms with E-state index in [2.05, 4.69) is 50.6 Å². The van der Waals surface area contributed by atoms with Crippen LogP contribution in [-0.4, -0.2) is 77.5 Å². The highest BCUT2D eigenvalue weighted by atomic mass is 16.5. The summed E-state index contributed by atoms with van der Waals surface area (Å²) in [6.45, 7) is 4.42. The number of piperazine rings is 1. The molecule has 3 aromatic rings. The molecular formula is C22H28N6O2. The highest BCUT2D eigenvalue weighted by Gasteiger charge is 2.33. The number of benzene rings is 2. The molecule has 158 valence electrons. The van der Waals surface area contributed by atoms with Gasteiger partial charge in [-0.05, 0) is 29.1 Å². The molecule has 0 spiro atoms. The van der Waals surface area contributed by atoms with E-state index in [0.717, 1.165) is 48.9 Å². The number of aromatic nitrogens is 4. The molecule has 0 amide bonds. The smallest absolute Gasteiger partial charge is 0.173 e. The van der Waals surface area contributed by atoms with Gasteiger partial charge in [0.15, 0.2) is 17.3 Å². The first-order valence-corrected chi connectivity index (χ1v) is 10.1. The summed E-state index contributed by atoms with van der Waals surface area (Å²) >= 11 is 0. The lowest BCUT2D eigenvalue weighted by atomic mass is 10.0. The van der Waals surface area contributed by atoms with Crippen LogP contribution in [0.5, 0.6) is 11.5 Å². The summed E-state index contributed by atoms with van der Waals surface area (Å²) < 4.78 is 13.2. The molecule has 8 nitrogen and oxygen atoms in total. The van der Waals surface area contributed by atoms with E-state index in [1.165, 1.54) is 0 Å². The van der Waals surface area contributed by atoms with Gasteiger partial charge in [0.1, 0.15) is 6.04 Å². The van der Waals surface area contributed by atoms with Crippen molar-refractivity contribution < 1.29 is 9.47 Å². The van der Waals surface area contributed by atoms with Crippen molar-refractivity contribution in [1.29, 1.82) is 0 Å². The minimum atomic E-state index is -0.137. The molecule has 2 aromatic carbocycles. The number of tetrazole rings is 1. The quantitative estimate of drug-likeness (QED) is 0.593. The van der Waals surface area contributed by atoms with Crippen molar-refractivity contribution in [1.82, 2.24) is 30.0 Å². The predicted molar refractivity (Wildman–Crippen MR) is 114 cm³/mol. The van der Waals surface area contributed by atoms with Gasteiger partial charge in [0.05, 0.1) is 20.8 Å². The Morgan fingerprint density at radius 3 is 2.40 bits per heavy atom. The summed E-state index contributed by atoms with van der Waals surface area (Å²) in [5, 5.41) is 12.8. The Hall–Kier alpha value is -2.97. The molecule has 1 fully saturated rings. The van der Waals surface area contributed by atoms with Gasteiger partial charge in [-0.25, -0.2) is 4.68 Å². The lowest BCUT2D eigenvalue weighted by molar-refractivity contribution is 0.120. The first-order chi connectivity index (χ1) is 14.7. The van der Waals surface area contributed by atoms with E-state index in [9.17, 15) is 0 Å². The van der Waals surface area contributed by atoms with Crippen LogP contribution in [0.1, 0.15) is 23.0 Å². The van der Waals surface area contributed by atoms with Gasteiger partial charge in [-0.2, -0.15) is 0 Å². The number of methoxy groups -OCH3 is 2. The molecular weight excluding hydrogens is 380 g/mol. The van der Waals surface area contributed by atoms with Crippen molar-refractivity contribution in [3.8, 4) is 11.5 Å². The third kappa shape index (κ3) is 4.15. The maximum atomic E-state index is 5.78. The zero-order valence-electron chi connectivity index (χ0n) is 17.7. The standard InChI is InChI=1S/C22H28N6O2/c1-26-12-14-27(15-13-26)20(18-10-7-11-19(29-2)21(18)30-3)22-23-24-25-28(22)16-17-8-5-4-6-9-17/h4-11,20H,12-16H2,1-3H3/t20-/m0/s1. The summed E-state index contributed by atoms with van der Waals surface area (Å²) in [5.41, 5.74) is 2.16. The Bertz CT molecular complexity index is 953. The van der Waals surface area contributed by atoms with Crippen LogP contribution in [0.2, 0.25) is 0 Å². The van der Waals surface area contributed by atoms with Gasteiger partial charge in [-0.3, -0.25) is 4.90 Å². The number of rotatable bonds is 7. The van der Waals surface area contributed by atoms with Crippen LogP contribution in [0.3, 0.4) is 0 Å². The molecule has 4 rings (SSSR count). The monoisotopic (exact) mass is 408 g/mol. The summed E-state index contributed by atoms with van der Waals surface area (Å²) in [4.78, 5) is 4.76. The summed E-state index contributed by atoms with van der Waals surface area (Å²) in [7, 11) is 5.49. The van der Waals surface area contributed by atoms with Gasteiger partial charge in [0.2, 0.25) is 0 Å². The third-order valence-electron chi connectivity index (χ3n) is 5.61. The lowest BCUT2D eigenvalue weighted by Gasteiger charge is -2.38. The highest BCUT2D eigenvalue weighted by Crippen LogP contribution is 2.39. The average Bonchev–Trinajstić information content (AvgIpc) is 3.23. The molecule has 0 bridgehead atoms. The lowest BCUT2D eigenvalue weighted by Crippen LogP contribution is -2.46. The molecule has 1 aliphatic heterocycles. The van der Waals surface area contributed by atoms with Crippen molar-refractivity contribution in [2.75, 3.05) is 47.4 Å². The summed E-state index contributed by atoms with van der Waals surface area (Å²) in [6, 6.07) is 16.1. The molecule has 0 saturated carbocycles. The van der Waals surface area contributed by atoms with Gasteiger partial charge < -0.3 is 14.4 Å². The minimum Gasteiger partial charge on any atom is -0.493 e. The second kappa shape index (κ2) is 9.23. The number of nitrogens with zero attached hydrogens (tertiary/aromatic N) is 6. The largest absolute Gasteiger partial charge is 0.493 e. The van der Waals surface area contributed by atoms with Crippen molar-refractivity contribution >= 4 is 0 Å². The minimum absolute atomic E-state index is 0.137. The van der Waals surface area contributed by atoms with Crippen LogP contribution >= 0.6 is 0 Å². The molecule has 0 unspecified atom stereocenters. The molecule has 0 aliphatic carbocycles. The first-order valence-electron chi connectivity index (χ1n) is 10.1. The molecule has 1 saturated heterocycles. The molecule has 0 N–H and O–H groups in total. The van der Waals surface area contributed by atoms with Crippen molar-refractivity contribution in [3.63, 3.8) is 0 Å². The Kier molecular flexibility index (Phi) is 6.25. The van der Waals surface area contributed by atoms with Crippen LogP contribution in [-0.2, 0) is 6.54 Å². The molecule has 30 heavy (non-hydrogen) atoms. The number of hydrogen-bond acceptors (Lipinski definition) is 7. The van der Waals surface area contributed by atoms with Crippen LogP contribution in [0.15, 0.2) is 48.5 Å². The summed E-state index contributed by atoms with van der Waals surface area (Å²) in [6.07, 6.45) is 0. The van der Waals surface area contributed by atoms with Crippen molar-refractivity contribution in [2.24, 2.45) is 0 Å². The van der Waals surface area contributed by atoms with E-state index in [-0.39, 0.29) is 6.04 Å². The number of para-hydroxylation sites is 1. The Morgan fingerprint density at radius 2 is 1.70 bits per heavy atom. The van der Waals surface area contributed by atoms with E-state index >= 15 is 0 Å². The fourth-order valence-corrected chi connectivity index (χ4v) is 3.98. The van der Waals surface area contributed by atoms with E-state index in [1.54, 1.807) is 14.2 Å². The molecule has 1 aliphatic rings. The molecule has 8 heteroatoms. The fourth-order valence-electron chi connectivity index (χ4n) is 3.98. The Morgan fingerprint density at radius 1 is 0.933 bits per heavy atom. The second-order valence-corrected chi connectivity index (χ2v) is 7.50. The highest BCUT2D eigenvalue weighted by molar-refractivity contribution is 5.49. The molecule has 1 atom stereocenters. The van der Waals surface area contributed by atoms with Crippen LogP contribution in [0.25, 0.3) is 0 Å². The topological polar surface area (TPSA) is 68.5 Å². The Balaban J connectivity index is 1.77. The third-order valence-corrected chi connectivity index (χ3v) is 5.61. The van der Waals surface area contributed by atoms with Crippen molar-refractivity contribution in [3.05, 3.63) is 65.5 Å². The SMILES string of the molecule is COc1cccc([C@@H](c2nnnn2Cc2ccccc2)N2CCN(C)CC2)c1OC. The number of hydrogen-bond donors (Lipinski definition) is 0.